The number of thiocarbonyl (C=S) groups is 1. The predicted molar refractivity (Wildman–Crippen MR) is 108 cm³/mol. The third-order valence-electron chi connectivity index (χ3n) is 3.89. The molecule has 1 aliphatic rings. The van der Waals surface area contributed by atoms with Gasteiger partial charge in [0.15, 0.2) is 0 Å². The number of pyridine rings is 1. The molecule has 1 fully saturated rings. The van der Waals surface area contributed by atoms with Gasteiger partial charge >= 0.3 is 0 Å². The van der Waals surface area contributed by atoms with Crippen molar-refractivity contribution in [3.05, 3.63) is 65.2 Å². The Morgan fingerprint density at radius 2 is 1.84 bits per heavy atom. The van der Waals surface area contributed by atoms with E-state index in [-0.39, 0.29) is 5.91 Å². The van der Waals surface area contributed by atoms with Gasteiger partial charge in [0, 0.05) is 11.3 Å². The fraction of sp³-hybridized carbons (Fsp3) is 0. The number of nitrogens with two attached hydrogens (primary N) is 1. The van der Waals surface area contributed by atoms with E-state index in [4.69, 9.17) is 18.0 Å². The molecule has 0 radical (unpaired) electrons. The minimum absolute atomic E-state index is 0.188. The van der Waals surface area contributed by atoms with Crippen LogP contribution in [-0.2, 0) is 4.79 Å². The van der Waals surface area contributed by atoms with Gasteiger partial charge in [0.25, 0.3) is 5.91 Å². The maximum Gasteiger partial charge on any atom is 0.263 e. The number of thioether (sulfide) groups is 1. The van der Waals surface area contributed by atoms with Crippen molar-refractivity contribution in [3.8, 4) is 11.3 Å². The molecule has 4 nitrogen and oxygen atoms in total. The highest BCUT2D eigenvalue weighted by atomic mass is 32.2. The van der Waals surface area contributed by atoms with E-state index in [0.29, 0.717) is 20.6 Å². The van der Waals surface area contributed by atoms with Crippen LogP contribution in [0.4, 0.5) is 5.69 Å². The van der Waals surface area contributed by atoms with E-state index in [1.165, 1.54) is 11.8 Å². The van der Waals surface area contributed by atoms with Gasteiger partial charge in [-0.1, -0.05) is 54.3 Å². The van der Waals surface area contributed by atoms with Crippen LogP contribution in [0.15, 0.2) is 59.5 Å². The number of fused-ring (bicyclic) bond motifs is 1. The van der Waals surface area contributed by atoms with Gasteiger partial charge in [0.05, 0.1) is 16.3 Å². The van der Waals surface area contributed by atoms with Gasteiger partial charge in [-0.25, -0.2) is 4.98 Å². The molecule has 2 aromatic carbocycles. The molecule has 1 aromatic heterocycles. The van der Waals surface area contributed by atoms with Gasteiger partial charge in [-0.3, -0.25) is 4.79 Å². The molecule has 0 saturated carbocycles. The van der Waals surface area contributed by atoms with Crippen molar-refractivity contribution < 1.29 is 4.79 Å². The van der Waals surface area contributed by atoms with Crippen LogP contribution in [0.1, 0.15) is 5.69 Å². The summed E-state index contributed by atoms with van der Waals surface area (Å²) in [6.45, 7) is 0. The lowest BCUT2D eigenvalue weighted by molar-refractivity contribution is -0.115. The fourth-order valence-electron chi connectivity index (χ4n) is 2.72. The number of hydrogen-bond acceptors (Lipinski definition) is 5. The Labute approximate surface area is 154 Å². The lowest BCUT2D eigenvalue weighted by Gasteiger charge is -2.08. The second kappa shape index (κ2) is 6.31. The van der Waals surface area contributed by atoms with Crippen molar-refractivity contribution in [2.75, 3.05) is 5.73 Å². The number of nitrogens with zero attached hydrogens (tertiary/aromatic N) is 1. The van der Waals surface area contributed by atoms with Gasteiger partial charge in [-0.2, -0.15) is 0 Å². The van der Waals surface area contributed by atoms with Crippen molar-refractivity contribution >= 4 is 56.7 Å². The normalized spacial score (nSPS) is 15.8. The highest BCUT2D eigenvalue weighted by Gasteiger charge is 2.22. The second-order valence-corrected chi connectivity index (χ2v) is 7.31. The van der Waals surface area contributed by atoms with Crippen LogP contribution in [0, 0.1) is 0 Å². The molecule has 0 unspecified atom stereocenters. The molecule has 0 bridgehead atoms. The van der Waals surface area contributed by atoms with Crippen molar-refractivity contribution in [2.45, 2.75) is 0 Å². The van der Waals surface area contributed by atoms with Gasteiger partial charge in [0.1, 0.15) is 4.32 Å². The van der Waals surface area contributed by atoms with E-state index >= 15 is 0 Å². The summed E-state index contributed by atoms with van der Waals surface area (Å²) >= 11 is 6.25. The maximum absolute atomic E-state index is 11.8. The Morgan fingerprint density at radius 3 is 2.56 bits per heavy atom. The van der Waals surface area contributed by atoms with E-state index in [1.54, 1.807) is 6.08 Å². The molecule has 1 saturated heterocycles. The average Bonchev–Trinajstić information content (AvgIpc) is 2.91. The first-order valence-electron chi connectivity index (χ1n) is 7.61. The number of amides is 1. The van der Waals surface area contributed by atoms with E-state index in [9.17, 15) is 4.79 Å². The van der Waals surface area contributed by atoms with Gasteiger partial charge in [-0.15, -0.1) is 0 Å². The first-order valence-corrected chi connectivity index (χ1v) is 8.83. The monoisotopic (exact) mass is 363 g/mol. The smallest absolute Gasteiger partial charge is 0.263 e. The fourth-order valence-corrected chi connectivity index (χ4v) is 3.75. The highest BCUT2D eigenvalue weighted by molar-refractivity contribution is 8.26. The molecular formula is C19H13N3OS2. The Hall–Kier alpha value is -2.70. The van der Waals surface area contributed by atoms with Crippen molar-refractivity contribution in [1.82, 2.24) is 10.3 Å². The molecule has 25 heavy (non-hydrogen) atoms. The molecule has 3 aromatic rings. The first kappa shape index (κ1) is 15.8. The van der Waals surface area contributed by atoms with Crippen molar-refractivity contribution in [3.63, 3.8) is 0 Å². The topological polar surface area (TPSA) is 68.0 Å². The summed E-state index contributed by atoms with van der Waals surface area (Å²) in [6.07, 6.45) is 1.74. The van der Waals surface area contributed by atoms with Crippen LogP contribution >= 0.6 is 24.0 Å². The number of nitrogen functional groups attached to an aromatic ring is 1. The number of carbonyl (C=O) groups is 1. The van der Waals surface area contributed by atoms with Crippen LogP contribution < -0.4 is 11.1 Å². The zero-order valence-electron chi connectivity index (χ0n) is 13.0. The molecule has 4 rings (SSSR count). The number of carbonyl (C=O) groups excluding carboxylic acids is 1. The molecular weight excluding hydrogens is 350 g/mol. The summed E-state index contributed by atoms with van der Waals surface area (Å²) in [6, 6.07) is 17.7. The summed E-state index contributed by atoms with van der Waals surface area (Å²) in [7, 11) is 0. The third-order valence-corrected chi connectivity index (χ3v) is 5.05. The molecule has 0 aliphatic carbocycles. The molecule has 2 heterocycles. The Bertz CT molecular complexity index is 1060. The molecule has 122 valence electrons. The minimum Gasteiger partial charge on any atom is -0.398 e. The Morgan fingerprint density at radius 1 is 1.08 bits per heavy atom. The Balaban J connectivity index is 1.77. The summed E-state index contributed by atoms with van der Waals surface area (Å²) in [5, 5.41) is 4.80. The molecule has 6 heteroatoms. The molecule has 0 spiro atoms. The van der Waals surface area contributed by atoms with Crippen LogP contribution in [0.25, 0.3) is 28.1 Å². The van der Waals surface area contributed by atoms with Gasteiger partial charge in [-0.05, 0) is 41.1 Å². The van der Waals surface area contributed by atoms with E-state index in [2.05, 4.69) is 10.3 Å². The first-order chi connectivity index (χ1) is 12.1. The standard InChI is InChI=1S/C19H13N3OS2/c20-15-9-12-5-2-1-4-11(12)8-14(15)16-7-3-6-13(21-16)10-17-18(23)22-19(24)25-17/h1-10H,20H2,(H,22,23,24). The van der Waals surface area contributed by atoms with Crippen molar-refractivity contribution in [2.24, 2.45) is 0 Å². The Kier molecular flexibility index (Phi) is 3.99. The van der Waals surface area contributed by atoms with Gasteiger partial charge in [0.2, 0.25) is 0 Å². The lowest BCUT2D eigenvalue weighted by atomic mass is 10.0. The van der Waals surface area contributed by atoms with E-state index in [0.717, 1.165) is 22.0 Å². The van der Waals surface area contributed by atoms with Crippen LogP contribution in [0.3, 0.4) is 0 Å². The highest BCUT2D eigenvalue weighted by Crippen LogP contribution is 2.30. The average molecular weight is 363 g/mol. The maximum atomic E-state index is 11.8. The summed E-state index contributed by atoms with van der Waals surface area (Å²) < 4.78 is 0.464. The van der Waals surface area contributed by atoms with E-state index < -0.39 is 0 Å². The largest absolute Gasteiger partial charge is 0.398 e. The summed E-state index contributed by atoms with van der Waals surface area (Å²) in [5.74, 6) is -0.188. The predicted octanol–water partition coefficient (Wildman–Crippen LogP) is 3.97. The molecule has 1 aliphatic heterocycles. The summed E-state index contributed by atoms with van der Waals surface area (Å²) in [5.41, 5.74) is 9.23. The number of hydrogen-bond donors (Lipinski definition) is 2. The van der Waals surface area contributed by atoms with Gasteiger partial charge < -0.3 is 11.1 Å². The third kappa shape index (κ3) is 3.14. The zero-order valence-corrected chi connectivity index (χ0v) is 14.7. The number of nitrogens with one attached hydrogen (secondary N) is 1. The summed E-state index contributed by atoms with van der Waals surface area (Å²) in [4.78, 5) is 17.0. The number of anilines is 1. The zero-order chi connectivity index (χ0) is 17.4. The SMILES string of the molecule is Nc1cc2ccccc2cc1-c1cccc(C=C2SC(=S)NC2=O)n1. The number of benzene rings is 2. The lowest BCUT2D eigenvalue weighted by Crippen LogP contribution is -2.17. The molecule has 3 N–H and O–H groups in total. The van der Waals surface area contributed by atoms with E-state index in [1.807, 2.05) is 54.6 Å². The quantitative estimate of drug-likeness (QED) is 0.410. The number of rotatable bonds is 2. The van der Waals surface area contributed by atoms with Crippen LogP contribution in [-0.4, -0.2) is 15.2 Å². The molecule has 0 atom stereocenters. The second-order valence-electron chi connectivity index (χ2n) is 5.59. The minimum atomic E-state index is -0.188. The van der Waals surface area contributed by atoms with Crippen LogP contribution in [0.2, 0.25) is 0 Å². The van der Waals surface area contributed by atoms with Crippen molar-refractivity contribution in [1.29, 1.82) is 0 Å². The van der Waals surface area contributed by atoms with Crippen LogP contribution in [0.5, 0.6) is 0 Å². The molecule has 1 amide bonds. The number of aromatic nitrogens is 1.